The zero-order valence-corrected chi connectivity index (χ0v) is 87.4. The molecule has 14 aromatic rings. The fourth-order valence-electron chi connectivity index (χ4n) is 12.0. The summed E-state index contributed by atoms with van der Waals surface area (Å²) in [6.07, 6.45) is 25.0. The standard InChI is InChI=1S/C15H17BN4O2S.2C12H24B2O4.C12H16BN3O2.C9H5BrN4S.C9H6N4S.C6H4ClN3.C3H2BrNS.I3/c1-14(2)15(3,4)22-16(21-14)10-9-17-20-8-6-11(19-13(10)20)12-5-7-18-23-12;2*1-9(2)10(3,4)16-13(15-9)14-17-11(5,6)12(7,8)18-14;1-11(2)12(3,4)18-13(17-11)9-6-8-16-10(15-9)5-7-14-16;10-6-5-11-14-4-2-7(13-9(6)14)8-1-3-12-15-8;1-5-11-14-8(1)7-3-6-13-9(12-7)2-4-10-13;7-5-2-4-10-6(9-5)1-3-8-10;4-3-1-2-5-6-3;1-3-2/h5-9H,1-4H3;2*1-8H3;5-8H,1-4H3;1-5H;1-6H;1-4H;1-2H;/q;;;;;;;;-1. The van der Waals surface area contributed by atoms with E-state index in [4.69, 9.17) is 72.4 Å². The van der Waals surface area contributed by atoms with Crippen LogP contribution in [0.1, 0.15) is 166 Å². The Morgan fingerprint density at radius 2 is 0.624 bits per heavy atom. The van der Waals surface area contributed by atoms with Gasteiger partial charge < -0.3 is 55.9 Å². The van der Waals surface area contributed by atoms with Gasteiger partial charge in [-0.2, -0.15) is 25.5 Å². The summed E-state index contributed by atoms with van der Waals surface area (Å²) >= 11 is 23.3. The van der Waals surface area contributed by atoms with Gasteiger partial charge in [-0.05, 0) is 299 Å². The zero-order valence-electron chi connectivity index (χ0n) is 73.8. The van der Waals surface area contributed by atoms with Crippen LogP contribution in [-0.2, 0) is 55.9 Å². The number of halogens is 6. The van der Waals surface area contributed by atoms with E-state index >= 15 is 0 Å². The number of nitrogens with zero attached hydrogens (tertiary/aromatic N) is 19. The number of fused-ring (bicyclic) bond motifs is 5. The van der Waals surface area contributed by atoms with E-state index in [1.165, 1.54) is 46.1 Å². The second kappa shape index (κ2) is 39.4. The molecule has 6 saturated heterocycles. The molecule has 0 N–H and O–H groups in total. The Morgan fingerprint density at radius 3 is 0.984 bits per heavy atom. The van der Waals surface area contributed by atoms with Crippen molar-refractivity contribution in [1.29, 1.82) is 0 Å². The second-order valence-electron chi connectivity index (χ2n) is 35.2. The largest absolute Gasteiger partial charge is 0.228 e. The summed E-state index contributed by atoms with van der Waals surface area (Å²) in [6.45, 7) is 48.7. The van der Waals surface area contributed by atoms with Crippen LogP contribution in [0.5, 0.6) is 0 Å². The SMILES string of the molecule is Brc1ccns1.Brc1cnn2ccc(-c3ccns3)nc12.CC1(C)OB(B2OC(C)(C)C(C)(C)O2)OC1(C)C.CC1(C)OB(B2OC(C)(C)C(C)(C)O2)OC1(C)C.CC1(C)OB(c2ccn3nccc3n2)OC1(C)C.CC1(C)OB(c2cnn3ccc(-c4ccns4)nc23)OC1(C)C.Clc1ccn2nccc2n1.I[I-]I.c1cc(-c2ccn3nccc3n2)sn1. The van der Waals surface area contributed by atoms with Gasteiger partial charge in [-0.3, -0.25) is 0 Å². The normalized spacial score (nSPS) is 19.9. The maximum Gasteiger partial charge on any atom is 0.155 e. The summed E-state index contributed by atoms with van der Waals surface area (Å²) in [7, 11) is -2.80. The van der Waals surface area contributed by atoms with Crippen molar-refractivity contribution in [3.63, 3.8) is 0 Å². The average Bonchev–Trinajstić information content (AvgIpc) is 1.55. The molecule has 0 amide bonds. The molecule has 0 aromatic carbocycles. The van der Waals surface area contributed by atoms with Crippen molar-refractivity contribution in [2.24, 2.45) is 0 Å². The van der Waals surface area contributed by atoms with Gasteiger partial charge >= 0.3 is 92.8 Å². The molecule has 0 aliphatic carbocycles. The maximum absolute atomic E-state index is 6.12. The molecule has 0 radical (unpaired) electrons. The number of aromatic nitrogens is 19. The average molecular weight is 2260 g/mol. The molecule has 125 heavy (non-hydrogen) atoms. The minimum absolute atomic E-state index is 0.342. The summed E-state index contributed by atoms with van der Waals surface area (Å²) < 4.78 is 98.5. The Labute approximate surface area is 797 Å². The first-order chi connectivity index (χ1) is 58.5. The third-order valence-electron chi connectivity index (χ3n) is 23.5. The van der Waals surface area contributed by atoms with Crippen LogP contribution < -0.4 is 24.3 Å². The molecular formula is C78H98B6Br2ClI3N19O12S4-. The molecule has 14 aromatic heterocycles. The van der Waals surface area contributed by atoms with E-state index in [1.807, 2.05) is 252 Å². The third-order valence-corrected chi connectivity index (χ3v) is 27.8. The predicted molar refractivity (Wildman–Crippen MR) is 515 cm³/mol. The summed E-state index contributed by atoms with van der Waals surface area (Å²) in [5, 5.41) is 21.1. The molecule has 0 unspecified atom stereocenters. The van der Waals surface area contributed by atoms with Gasteiger partial charge in [0, 0.05) is 79.4 Å². The van der Waals surface area contributed by atoms with Crippen LogP contribution in [0, 0.1) is 0 Å². The molecule has 31 nitrogen and oxygen atoms in total. The molecule has 0 saturated carbocycles. The molecule has 6 aliphatic heterocycles. The number of rotatable bonds is 7. The first-order valence-corrected chi connectivity index (χ1v) is 57.3. The molecule has 0 atom stereocenters. The van der Waals surface area contributed by atoms with E-state index < -0.39 is 42.3 Å². The van der Waals surface area contributed by atoms with Crippen molar-refractivity contribution in [3.8, 4) is 31.7 Å². The second-order valence-corrected chi connectivity index (χ2v) is 57.4. The van der Waals surface area contributed by atoms with Gasteiger partial charge in [-0.1, -0.05) is 11.6 Å². The predicted octanol–water partition coefficient (Wildman–Crippen LogP) is 14.2. The first-order valence-electron chi connectivity index (χ1n) is 39.7. The Kier molecular flexibility index (Phi) is 31.2. The van der Waals surface area contributed by atoms with Crippen molar-refractivity contribution < 1.29 is 69.1 Å². The smallest absolute Gasteiger partial charge is 0.155 e. The molecule has 47 heteroatoms. The molecule has 6 aliphatic rings. The fourth-order valence-corrected chi connectivity index (χ4v) is 15.0. The Bertz CT molecular complexity index is 5670. The minimum Gasteiger partial charge on any atom is -0.228 e. The summed E-state index contributed by atoms with van der Waals surface area (Å²) in [5.41, 5.74) is 4.01. The van der Waals surface area contributed by atoms with E-state index in [-0.39, 0.29) is 67.2 Å². The van der Waals surface area contributed by atoms with Gasteiger partial charge in [-0.25, -0.2) is 65.0 Å². The van der Waals surface area contributed by atoms with Gasteiger partial charge in [0.25, 0.3) is 0 Å². The number of hydrogen-bond donors (Lipinski definition) is 0. The Hall–Kier alpha value is -5.03. The fraction of sp³-hybridized carbons (Fsp3) is 0.462. The minimum atomic E-state index is -0.476. The molecule has 0 spiro atoms. The third kappa shape index (κ3) is 23.0. The van der Waals surface area contributed by atoms with Crippen molar-refractivity contribution in [2.45, 2.75) is 233 Å². The van der Waals surface area contributed by atoms with E-state index in [0.29, 0.717) is 18.4 Å². The van der Waals surface area contributed by atoms with E-state index in [0.717, 1.165) is 79.3 Å². The van der Waals surface area contributed by atoms with E-state index in [1.54, 1.807) is 96.7 Å². The topological polar surface area (TPSA) is 313 Å². The van der Waals surface area contributed by atoms with Gasteiger partial charge in [0.05, 0.1) is 144 Å². The van der Waals surface area contributed by atoms with Gasteiger partial charge in [0.15, 0.2) is 28.2 Å². The summed E-state index contributed by atoms with van der Waals surface area (Å²) in [6, 6.07) is 22.7. The monoisotopic (exact) mass is 2260 g/mol. The van der Waals surface area contributed by atoms with Crippen LogP contribution >= 0.6 is 127 Å². The van der Waals surface area contributed by atoms with Crippen LogP contribution in [0.2, 0.25) is 5.15 Å². The molecular weight excluding hydrogens is 2160 g/mol. The Balaban J connectivity index is 0.000000132. The quantitative estimate of drug-likeness (QED) is 0.0813. The van der Waals surface area contributed by atoms with Gasteiger partial charge in [0.1, 0.15) is 5.15 Å². The van der Waals surface area contributed by atoms with Crippen molar-refractivity contribution >= 4 is 208 Å². The van der Waals surface area contributed by atoms with Gasteiger partial charge in [0.2, 0.25) is 0 Å². The van der Waals surface area contributed by atoms with Crippen molar-refractivity contribution in [3.05, 3.63) is 173 Å². The van der Waals surface area contributed by atoms with Crippen molar-refractivity contribution in [2.75, 3.05) is 0 Å². The van der Waals surface area contributed by atoms with E-state index in [9.17, 15) is 0 Å². The molecule has 20 rings (SSSR count). The van der Waals surface area contributed by atoms with Crippen LogP contribution in [0.15, 0.2) is 168 Å². The van der Waals surface area contributed by atoms with Crippen molar-refractivity contribution in [1.82, 2.24) is 90.5 Å². The van der Waals surface area contributed by atoms with Crippen LogP contribution in [0.25, 0.3) is 59.9 Å². The van der Waals surface area contributed by atoms with Crippen LogP contribution in [-0.4, -0.2) is 200 Å². The van der Waals surface area contributed by atoms with E-state index in [2.05, 4.69) is 132 Å². The molecule has 6 fully saturated rings. The first kappa shape index (κ1) is 99.0. The van der Waals surface area contributed by atoms with Crippen LogP contribution in [0.3, 0.4) is 0 Å². The molecule has 20 heterocycles. The summed E-state index contributed by atoms with van der Waals surface area (Å²) in [4.78, 5) is 25.3. The molecule has 0 bridgehead atoms. The zero-order chi connectivity index (χ0) is 90.9. The van der Waals surface area contributed by atoms with Gasteiger partial charge in [-0.15, -0.1) is 0 Å². The van der Waals surface area contributed by atoms with Crippen LogP contribution in [0.4, 0.5) is 0 Å². The number of hydrogen-bond acceptors (Lipinski definition) is 30. The Morgan fingerprint density at radius 1 is 0.320 bits per heavy atom. The summed E-state index contributed by atoms with van der Waals surface area (Å²) in [5.74, 6) is 0. The maximum atomic E-state index is 6.12. The molecule has 662 valence electrons.